The first-order valence-corrected chi connectivity index (χ1v) is 11.8. The third-order valence-corrected chi connectivity index (χ3v) is 6.42. The van der Waals surface area contributed by atoms with Crippen molar-refractivity contribution in [1.29, 1.82) is 0 Å². The predicted octanol–water partition coefficient (Wildman–Crippen LogP) is 4.76. The Bertz CT molecular complexity index is 1650. The van der Waals surface area contributed by atoms with Gasteiger partial charge < -0.3 is 9.73 Å². The van der Waals surface area contributed by atoms with Crippen LogP contribution in [0.15, 0.2) is 59.0 Å². The Morgan fingerprint density at radius 1 is 1.11 bits per heavy atom. The lowest BCUT2D eigenvalue weighted by Crippen LogP contribution is -2.34. The van der Waals surface area contributed by atoms with Gasteiger partial charge in [0.05, 0.1) is 4.92 Å². The van der Waals surface area contributed by atoms with Gasteiger partial charge in [-0.1, -0.05) is 23.5 Å². The van der Waals surface area contributed by atoms with Gasteiger partial charge in [0.15, 0.2) is 16.7 Å². The molecule has 180 valence electrons. The second-order valence-corrected chi connectivity index (χ2v) is 9.12. The van der Waals surface area contributed by atoms with E-state index >= 15 is 0 Å². The quantitative estimate of drug-likeness (QED) is 0.191. The molecule has 0 fully saturated rings. The van der Waals surface area contributed by atoms with Crippen molar-refractivity contribution in [3.63, 3.8) is 0 Å². The van der Waals surface area contributed by atoms with Crippen molar-refractivity contribution in [2.24, 2.45) is 0 Å². The maximum Gasteiger partial charge on any atom is 0.293 e. The van der Waals surface area contributed by atoms with Crippen LogP contribution < -0.4 is 10.6 Å². The zero-order valence-electron chi connectivity index (χ0n) is 18.9. The largest absolute Gasteiger partial charge is 0.451 e. The van der Waals surface area contributed by atoms with Gasteiger partial charge in [0.1, 0.15) is 10.8 Å². The fraction of sp³-hybridized carbons (Fsp3) is 0.0870. The highest BCUT2D eigenvalue weighted by Crippen LogP contribution is 2.29. The van der Waals surface area contributed by atoms with Crippen LogP contribution in [0.25, 0.3) is 26.9 Å². The minimum atomic E-state index is -0.548. The molecule has 13 heteroatoms. The van der Waals surface area contributed by atoms with Gasteiger partial charge in [-0.25, -0.2) is 0 Å². The van der Waals surface area contributed by atoms with Crippen molar-refractivity contribution >= 4 is 50.9 Å². The highest BCUT2D eigenvalue weighted by atomic mass is 32.1. The number of aryl methyl sites for hydroxylation is 2. The number of rotatable bonds is 5. The predicted molar refractivity (Wildman–Crippen MR) is 138 cm³/mol. The molecule has 11 nitrogen and oxygen atoms in total. The number of nitro benzene ring substituents is 1. The summed E-state index contributed by atoms with van der Waals surface area (Å²) in [6.45, 7) is 3.76. The molecule has 36 heavy (non-hydrogen) atoms. The summed E-state index contributed by atoms with van der Waals surface area (Å²) in [4.78, 5) is 23.8. The van der Waals surface area contributed by atoms with Crippen LogP contribution in [0.5, 0.6) is 0 Å². The van der Waals surface area contributed by atoms with Crippen molar-refractivity contribution < 1.29 is 14.1 Å². The van der Waals surface area contributed by atoms with E-state index in [1.807, 2.05) is 32.0 Å². The Morgan fingerprint density at radius 3 is 2.69 bits per heavy atom. The lowest BCUT2D eigenvalue weighted by molar-refractivity contribution is -0.384. The molecule has 0 spiro atoms. The van der Waals surface area contributed by atoms with Crippen molar-refractivity contribution in [3.8, 4) is 21.9 Å². The maximum absolute atomic E-state index is 12.6. The molecule has 0 aliphatic carbocycles. The molecule has 3 aromatic heterocycles. The van der Waals surface area contributed by atoms with Crippen LogP contribution in [0.3, 0.4) is 0 Å². The first-order valence-electron chi connectivity index (χ1n) is 10.6. The van der Waals surface area contributed by atoms with Crippen molar-refractivity contribution in [1.82, 2.24) is 25.1 Å². The smallest absolute Gasteiger partial charge is 0.293 e. The second kappa shape index (κ2) is 9.28. The van der Waals surface area contributed by atoms with E-state index in [4.69, 9.17) is 16.6 Å². The average molecular weight is 520 g/mol. The first-order chi connectivity index (χ1) is 17.3. The number of fused-ring (bicyclic) bond motifs is 1. The number of anilines is 1. The van der Waals surface area contributed by atoms with Gasteiger partial charge in [0.2, 0.25) is 4.96 Å². The Hall–Kier alpha value is -4.49. The van der Waals surface area contributed by atoms with E-state index in [1.54, 1.807) is 22.7 Å². The van der Waals surface area contributed by atoms with Gasteiger partial charge in [-0.15, -0.1) is 10.2 Å². The Kier molecular flexibility index (Phi) is 6.00. The number of benzene rings is 2. The standard InChI is InChI=1S/C23H17N7O4S2/c1-12-10-15(21-28-29-13(2)26-27-23(29)36-21)6-7-17(12)24-22(35)25-20(31)19-9-8-18(34-19)14-4-3-5-16(11-14)30(32)33/h3-11H,1-2H3,(H2,24,25,31,35). The molecule has 0 unspecified atom stereocenters. The topological polar surface area (TPSA) is 140 Å². The number of non-ortho nitro benzene ring substituents is 1. The molecule has 0 saturated carbocycles. The van der Waals surface area contributed by atoms with Gasteiger partial charge >= 0.3 is 0 Å². The van der Waals surface area contributed by atoms with E-state index in [-0.39, 0.29) is 16.6 Å². The molecule has 0 aliphatic rings. The molecular formula is C23H17N7O4S2. The third-order valence-electron chi connectivity index (χ3n) is 5.27. The van der Waals surface area contributed by atoms with E-state index in [0.29, 0.717) is 11.3 Å². The second-order valence-electron chi connectivity index (χ2n) is 7.76. The molecule has 0 radical (unpaired) electrons. The van der Waals surface area contributed by atoms with Crippen LogP contribution in [0, 0.1) is 24.0 Å². The number of thiocarbonyl (C=S) groups is 1. The molecule has 2 aromatic carbocycles. The van der Waals surface area contributed by atoms with Gasteiger partial charge in [-0.3, -0.25) is 20.2 Å². The van der Waals surface area contributed by atoms with Crippen molar-refractivity contribution in [3.05, 3.63) is 81.9 Å². The highest BCUT2D eigenvalue weighted by Gasteiger charge is 2.16. The summed E-state index contributed by atoms with van der Waals surface area (Å²) in [5.41, 5.74) is 2.96. The third kappa shape index (κ3) is 4.56. The molecule has 0 aliphatic heterocycles. The number of hydrogen-bond acceptors (Lipinski definition) is 9. The molecular weight excluding hydrogens is 502 g/mol. The zero-order chi connectivity index (χ0) is 25.4. The number of hydrogen-bond donors (Lipinski definition) is 2. The summed E-state index contributed by atoms with van der Waals surface area (Å²) < 4.78 is 7.29. The summed E-state index contributed by atoms with van der Waals surface area (Å²) in [7, 11) is 0. The summed E-state index contributed by atoms with van der Waals surface area (Å²) >= 11 is 6.74. The zero-order valence-corrected chi connectivity index (χ0v) is 20.5. The van der Waals surface area contributed by atoms with E-state index in [2.05, 4.69) is 25.9 Å². The summed E-state index contributed by atoms with van der Waals surface area (Å²) in [5, 5.41) is 30.1. The number of nitrogens with zero attached hydrogens (tertiary/aromatic N) is 5. The summed E-state index contributed by atoms with van der Waals surface area (Å²) in [6, 6.07) is 14.7. The van der Waals surface area contributed by atoms with Crippen LogP contribution in [-0.2, 0) is 0 Å². The van der Waals surface area contributed by atoms with Crippen LogP contribution in [0.2, 0.25) is 0 Å². The van der Waals surface area contributed by atoms with Gasteiger partial charge in [0.25, 0.3) is 11.6 Å². The van der Waals surface area contributed by atoms with Crippen LogP contribution in [0.4, 0.5) is 11.4 Å². The number of nitrogens with one attached hydrogen (secondary N) is 2. The van der Waals surface area contributed by atoms with E-state index in [9.17, 15) is 14.9 Å². The monoisotopic (exact) mass is 519 g/mol. The maximum atomic E-state index is 12.6. The first kappa shape index (κ1) is 23.3. The molecule has 0 saturated heterocycles. The minimum absolute atomic E-state index is 0.0197. The lowest BCUT2D eigenvalue weighted by Gasteiger charge is -2.12. The lowest BCUT2D eigenvalue weighted by atomic mass is 10.1. The molecule has 2 N–H and O–H groups in total. The number of aromatic nitrogens is 4. The van der Waals surface area contributed by atoms with E-state index in [1.165, 1.54) is 29.5 Å². The number of carbonyl (C=O) groups is 1. The molecule has 5 aromatic rings. The van der Waals surface area contributed by atoms with Crippen molar-refractivity contribution in [2.75, 3.05) is 5.32 Å². The van der Waals surface area contributed by atoms with Gasteiger partial charge in [-0.05, 0) is 62.0 Å². The highest BCUT2D eigenvalue weighted by molar-refractivity contribution is 7.80. The number of furan rings is 1. The minimum Gasteiger partial charge on any atom is -0.451 e. The molecule has 1 amide bonds. The van der Waals surface area contributed by atoms with Crippen LogP contribution >= 0.6 is 23.6 Å². The van der Waals surface area contributed by atoms with Gasteiger partial charge in [-0.2, -0.15) is 9.61 Å². The van der Waals surface area contributed by atoms with Crippen molar-refractivity contribution in [2.45, 2.75) is 13.8 Å². The molecule has 3 heterocycles. The number of amides is 1. The molecule has 0 bridgehead atoms. The number of nitro groups is 1. The Balaban J connectivity index is 1.25. The Labute approximate surface area is 212 Å². The van der Waals surface area contributed by atoms with E-state index < -0.39 is 10.8 Å². The summed E-state index contributed by atoms with van der Waals surface area (Å²) in [6.07, 6.45) is 0. The van der Waals surface area contributed by atoms with Crippen LogP contribution in [-0.4, -0.2) is 35.8 Å². The summed E-state index contributed by atoms with van der Waals surface area (Å²) in [5.74, 6) is 0.520. The fourth-order valence-electron chi connectivity index (χ4n) is 3.47. The Morgan fingerprint density at radius 2 is 1.94 bits per heavy atom. The van der Waals surface area contributed by atoms with Gasteiger partial charge in [0, 0.05) is 28.9 Å². The molecule has 5 rings (SSSR count). The fourth-order valence-corrected chi connectivity index (χ4v) is 4.56. The number of carbonyl (C=O) groups excluding carboxylic acids is 1. The van der Waals surface area contributed by atoms with E-state index in [0.717, 1.165) is 32.6 Å². The SMILES string of the molecule is Cc1cc(-c2nn3c(C)nnc3s2)ccc1NC(=S)NC(=O)c1ccc(-c2cccc([N+](=O)[O-])c2)o1. The normalized spacial score (nSPS) is 10.9. The molecule has 0 atom stereocenters. The van der Waals surface area contributed by atoms with Crippen LogP contribution in [0.1, 0.15) is 21.9 Å². The average Bonchev–Trinajstić information content (AvgIpc) is 3.58.